The van der Waals surface area contributed by atoms with E-state index in [1.807, 2.05) is 0 Å². The van der Waals surface area contributed by atoms with E-state index in [4.69, 9.17) is 27.8 Å². The molecule has 7 nitrogen and oxygen atoms in total. The second-order valence-electron chi connectivity index (χ2n) is 6.21. The molecule has 0 saturated heterocycles. The van der Waals surface area contributed by atoms with Gasteiger partial charge in [-0.15, -0.1) is 0 Å². The number of halogens is 1. The third-order valence-corrected chi connectivity index (χ3v) is 4.55. The molecule has 2 amide bonds. The van der Waals surface area contributed by atoms with Crippen LogP contribution in [0.25, 0.3) is 0 Å². The summed E-state index contributed by atoms with van der Waals surface area (Å²) in [6.45, 7) is 0.155. The van der Waals surface area contributed by atoms with E-state index < -0.39 is 12.0 Å². The minimum Gasteiger partial charge on any atom is -0.444 e. The van der Waals surface area contributed by atoms with Crippen LogP contribution in [-0.4, -0.2) is 17.0 Å². The zero-order valence-corrected chi connectivity index (χ0v) is 16.2. The number of hydrogen-bond donors (Lipinski definition) is 2. The van der Waals surface area contributed by atoms with Gasteiger partial charge in [-0.2, -0.15) is 0 Å². The number of amides is 2. The molecular formula is C21H19ClN4O3. The summed E-state index contributed by atoms with van der Waals surface area (Å²) in [6.07, 6.45) is 0.960. The van der Waals surface area contributed by atoms with Crippen LogP contribution in [0.15, 0.2) is 66.9 Å². The van der Waals surface area contributed by atoms with E-state index in [-0.39, 0.29) is 18.3 Å². The van der Waals surface area contributed by atoms with Crippen molar-refractivity contribution in [1.82, 2.24) is 4.98 Å². The van der Waals surface area contributed by atoms with Crippen molar-refractivity contribution in [2.45, 2.75) is 13.2 Å². The Bertz CT molecular complexity index is 1020. The maximum atomic E-state index is 12.9. The Morgan fingerprint density at radius 1 is 1.03 bits per heavy atom. The fraction of sp³-hybridized carbons (Fsp3) is 0.0952. The molecule has 1 heterocycles. The second-order valence-corrected chi connectivity index (χ2v) is 6.57. The summed E-state index contributed by atoms with van der Waals surface area (Å²) in [6, 6.07) is 17.1. The minimum atomic E-state index is -0.596. The van der Waals surface area contributed by atoms with E-state index in [1.165, 1.54) is 4.90 Å². The molecule has 0 bridgehead atoms. The molecule has 0 atom stereocenters. The highest BCUT2D eigenvalue weighted by molar-refractivity contribution is 6.30. The van der Waals surface area contributed by atoms with Crippen LogP contribution in [0.2, 0.25) is 5.15 Å². The number of nitrogens with two attached hydrogens (primary N) is 2. The zero-order valence-electron chi connectivity index (χ0n) is 15.4. The molecule has 0 saturated carbocycles. The van der Waals surface area contributed by atoms with Gasteiger partial charge in [0.1, 0.15) is 11.8 Å². The van der Waals surface area contributed by atoms with E-state index in [1.54, 1.807) is 66.9 Å². The Hall–Kier alpha value is -3.58. The lowest BCUT2D eigenvalue weighted by atomic mass is 10.1. The van der Waals surface area contributed by atoms with Gasteiger partial charge in [0, 0.05) is 17.3 Å². The number of nitrogens with zero attached hydrogens (tertiary/aromatic N) is 2. The van der Waals surface area contributed by atoms with Gasteiger partial charge in [-0.05, 0) is 35.9 Å². The highest BCUT2D eigenvalue weighted by Crippen LogP contribution is 2.26. The van der Waals surface area contributed by atoms with Crippen molar-refractivity contribution in [3.8, 4) is 0 Å². The third kappa shape index (κ3) is 5.03. The van der Waals surface area contributed by atoms with Crippen LogP contribution in [0.3, 0.4) is 0 Å². The Labute approximate surface area is 172 Å². The number of carbonyl (C=O) groups excluding carboxylic acids is 2. The molecule has 0 spiro atoms. The van der Waals surface area contributed by atoms with E-state index in [0.717, 1.165) is 5.56 Å². The molecule has 8 heteroatoms. The summed E-state index contributed by atoms with van der Waals surface area (Å²) < 4.78 is 5.45. The summed E-state index contributed by atoms with van der Waals surface area (Å²) >= 11 is 6.03. The van der Waals surface area contributed by atoms with Crippen LogP contribution in [0.5, 0.6) is 0 Å². The molecule has 0 unspecified atom stereocenters. The number of aromatic nitrogens is 1. The van der Waals surface area contributed by atoms with Crippen LogP contribution in [0.4, 0.5) is 16.2 Å². The number of nitrogen functional groups attached to an aromatic ring is 1. The minimum absolute atomic E-state index is 0.0324. The molecule has 0 aliphatic carbocycles. The lowest BCUT2D eigenvalue weighted by molar-refractivity contribution is 0.1000. The quantitative estimate of drug-likeness (QED) is 0.474. The maximum Gasteiger partial charge on any atom is 0.415 e. The molecule has 4 N–H and O–H groups in total. The molecule has 0 fully saturated rings. The number of ether oxygens (including phenoxy) is 1. The van der Waals surface area contributed by atoms with Crippen LogP contribution < -0.4 is 16.4 Å². The molecule has 2 aromatic carbocycles. The highest BCUT2D eigenvalue weighted by atomic mass is 35.5. The Morgan fingerprint density at radius 2 is 1.76 bits per heavy atom. The van der Waals surface area contributed by atoms with Gasteiger partial charge in [0.15, 0.2) is 0 Å². The average molecular weight is 411 g/mol. The van der Waals surface area contributed by atoms with Crippen molar-refractivity contribution in [3.05, 3.63) is 88.7 Å². The zero-order chi connectivity index (χ0) is 20.8. The lowest BCUT2D eigenvalue weighted by Gasteiger charge is -2.24. The average Bonchev–Trinajstić information content (AvgIpc) is 2.72. The first kappa shape index (κ1) is 20.2. The number of carbonyl (C=O) groups is 2. The largest absolute Gasteiger partial charge is 0.444 e. The molecule has 1 aromatic heterocycles. The molecule has 3 rings (SSSR count). The third-order valence-electron chi connectivity index (χ3n) is 4.21. The van der Waals surface area contributed by atoms with E-state index in [2.05, 4.69) is 4.98 Å². The molecular weight excluding hydrogens is 392 g/mol. The lowest BCUT2D eigenvalue weighted by Crippen LogP contribution is -2.31. The molecule has 0 aliphatic rings. The van der Waals surface area contributed by atoms with Crippen LogP contribution >= 0.6 is 11.6 Å². The number of para-hydroxylation sites is 2. The Morgan fingerprint density at radius 3 is 2.41 bits per heavy atom. The van der Waals surface area contributed by atoms with E-state index in [9.17, 15) is 9.59 Å². The van der Waals surface area contributed by atoms with Gasteiger partial charge in [0.05, 0.1) is 17.9 Å². The summed E-state index contributed by atoms with van der Waals surface area (Å²) in [4.78, 5) is 29.5. The fourth-order valence-electron chi connectivity index (χ4n) is 2.68. The summed E-state index contributed by atoms with van der Waals surface area (Å²) in [5, 5.41) is 0.271. The SMILES string of the molecule is NC(=O)c1ccc(CN(C(=O)OCc2cccnc2Cl)c2ccccc2N)cc1. The molecule has 0 aliphatic heterocycles. The molecule has 0 radical (unpaired) electrons. The van der Waals surface area contributed by atoms with Gasteiger partial charge in [0.2, 0.25) is 5.91 Å². The van der Waals surface area contributed by atoms with Gasteiger partial charge < -0.3 is 16.2 Å². The highest BCUT2D eigenvalue weighted by Gasteiger charge is 2.20. The van der Waals surface area contributed by atoms with Crippen molar-refractivity contribution in [2.75, 3.05) is 10.6 Å². The van der Waals surface area contributed by atoms with Gasteiger partial charge >= 0.3 is 6.09 Å². The smallest absolute Gasteiger partial charge is 0.415 e. The number of benzene rings is 2. The molecule has 3 aromatic rings. The second kappa shape index (κ2) is 9.07. The van der Waals surface area contributed by atoms with Gasteiger partial charge in [-0.3, -0.25) is 9.69 Å². The number of rotatable bonds is 6. The van der Waals surface area contributed by atoms with E-state index in [0.29, 0.717) is 22.5 Å². The monoisotopic (exact) mass is 410 g/mol. The van der Waals surface area contributed by atoms with E-state index >= 15 is 0 Å². The number of pyridine rings is 1. The van der Waals surface area contributed by atoms with Crippen molar-refractivity contribution in [3.63, 3.8) is 0 Å². The summed E-state index contributed by atoms with van der Waals surface area (Å²) in [7, 11) is 0. The first-order valence-electron chi connectivity index (χ1n) is 8.72. The van der Waals surface area contributed by atoms with Gasteiger partial charge in [-0.25, -0.2) is 9.78 Å². The molecule has 148 valence electrons. The van der Waals surface area contributed by atoms with Crippen LogP contribution in [0.1, 0.15) is 21.5 Å². The van der Waals surface area contributed by atoms with Gasteiger partial charge in [0.25, 0.3) is 0 Å². The topological polar surface area (TPSA) is 112 Å². The van der Waals surface area contributed by atoms with Crippen molar-refractivity contribution < 1.29 is 14.3 Å². The van der Waals surface area contributed by atoms with Crippen LogP contribution in [-0.2, 0) is 17.9 Å². The number of primary amides is 1. The van der Waals surface area contributed by atoms with Gasteiger partial charge in [-0.1, -0.05) is 41.9 Å². The predicted octanol–water partition coefficient (Wildman–Crippen LogP) is 3.76. The maximum absolute atomic E-state index is 12.9. The Kier molecular flexibility index (Phi) is 6.31. The predicted molar refractivity (Wildman–Crippen MR) is 111 cm³/mol. The normalized spacial score (nSPS) is 10.4. The van der Waals surface area contributed by atoms with Crippen molar-refractivity contribution in [1.29, 1.82) is 0 Å². The first-order chi connectivity index (χ1) is 14.0. The number of hydrogen-bond acceptors (Lipinski definition) is 5. The summed E-state index contributed by atoms with van der Waals surface area (Å²) in [5.74, 6) is -0.520. The Balaban J connectivity index is 1.83. The summed E-state index contributed by atoms with van der Waals surface area (Å²) in [5.41, 5.74) is 14.0. The fourth-order valence-corrected chi connectivity index (χ4v) is 2.86. The number of anilines is 2. The standard InChI is InChI=1S/C21H19ClN4O3/c22-19-16(4-3-11-25-19)13-29-21(28)26(18-6-2-1-5-17(18)23)12-14-7-9-15(10-8-14)20(24)27/h1-11H,12-13,23H2,(H2,24,27). The molecule has 29 heavy (non-hydrogen) atoms. The van der Waals surface area contributed by atoms with Crippen molar-refractivity contribution >= 4 is 35.0 Å². The van der Waals surface area contributed by atoms with Crippen molar-refractivity contribution in [2.24, 2.45) is 5.73 Å². The first-order valence-corrected chi connectivity index (χ1v) is 9.10. The van der Waals surface area contributed by atoms with Crippen LogP contribution in [0, 0.1) is 0 Å².